The van der Waals surface area contributed by atoms with Crippen molar-refractivity contribution < 1.29 is 27.2 Å². The van der Waals surface area contributed by atoms with Crippen LogP contribution >= 0.6 is 15.2 Å². The summed E-state index contributed by atoms with van der Waals surface area (Å²) in [5, 5.41) is -0.977. The minimum absolute atomic E-state index is 0.294. The van der Waals surface area contributed by atoms with E-state index in [1.807, 2.05) is 30.3 Å². The first-order valence-electron chi connectivity index (χ1n) is 6.42. The summed E-state index contributed by atoms with van der Waals surface area (Å²) in [5.41, 5.74) is 1.03. The predicted molar refractivity (Wildman–Crippen MR) is 81.8 cm³/mol. The highest BCUT2D eigenvalue weighted by molar-refractivity contribution is 7.72. The van der Waals surface area contributed by atoms with Gasteiger partial charge < -0.3 is 18.1 Å². The molecule has 1 aromatic rings. The van der Waals surface area contributed by atoms with Crippen LogP contribution in [0.4, 0.5) is 0 Å². The van der Waals surface area contributed by atoms with Crippen molar-refractivity contribution >= 4 is 15.2 Å². The van der Waals surface area contributed by atoms with Crippen molar-refractivity contribution in [1.29, 1.82) is 0 Å². The first kappa shape index (κ1) is 18.6. The third kappa shape index (κ3) is 4.49. The fraction of sp³-hybridized carbons (Fsp3) is 0.538. The van der Waals surface area contributed by atoms with Crippen LogP contribution < -0.4 is 0 Å². The summed E-state index contributed by atoms with van der Waals surface area (Å²) in [6, 6.07) is 9.59. The molecule has 0 unspecified atom stereocenters. The van der Waals surface area contributed by atoms with E-state index in [2.05, 4.69) is 0 Å². The molecule has 0 saturated carbocycles. The Bertz CT molecular complexity index is 477. The van der Waals surface area contributed by atoms with Crippen LogP contribution in [0, 0.1) is 0 Å². The van der Waals surface area contributed by atoms with Gasteiger partial charge in [0.05, 0.1) is 0 Å². The molecule has 0 fully saturated rings. The van der Waals surface area contributed by atoms with Gasteiger partial charge in [0.2, 0.25) is 0 Å². The van der Waals surface area contributed by atoms with E-state index >= 15 is 0 Å². The molecule has 1 aromatic carbocycles. The maximum absolute atomic E-state index is 12.7. The average molecular weight is 336 g/mol. The third-order valence-electron chi connectivity index (χ3n) is 3.28. The van der Waals surface area contributed by atoms with Crippen LogP contribution in [0.2, 0.25) is 0 Å². The Morgan fingerprint density at radius 2 is 1.29 bits per heavy atom. The Kier molecular flexibility index (Phi) is 7.28. The Hall–Kier alpha value is -0.480. The molecule has 21 heavy (non-hydrogen) atoms. The third-order valence-corrected chi connectivity index (χ3v) is 8.99. The van der Waals surface area contributed by atoms with Gasteiger partial charge in [-0.15, -0.1) is 0 Å². The molecule has 0 atom stereocenters. The van der Waals surface area contributed by atoms with Crippen LogP contribution in [0.5, 0.6) is 0 Å². The molecule has 0 spiro atoms. The van der Waals surface area contributed by atoms with Crippen LogP contribution in [0.3, 0.4) is 0 Å². The highest BCUT2D eigenvalue weighted by Crippen LogP contribution is 2.70. The van der Waals surface area contributed by atoms with Crippen molar-refractivity contribution in [3.05, 3.63) is 35.9 Å². The van der Waals surface area contributed by atoms with Crippen LogP contribution in [0.25, 0.3) is 0 Å². The lowest BCUT2D eigenvalue weighted by molar-refractivity contribution is 0.245. The number of hydrogen-bond donors (Lipinski definition) is 0. The van der Waals surface area contributed by atoms with Gasteiger partial charge in [-0.2, -0.15) is 0 Å². The van der Waals surface area contributed by atoms with E-state index in [0.29, 0.717) is 12.8 Å². The molecule has 0 N–H and O–H groups in total. The van der Waals surface area contributed by atoms with E-state index in [-0.39, 0.29) is 0 Å². The molecule has 0 aromatic heterocycles. The quantitative estimate of drug-likeness (QED) is 0.637. The van der Waals surface area contributed by atoms with E-state index < -0.39 is 20.6 Å². The summed E-state index contributed by atoms with van der Waals surface area (Å²) >= 11 is 0. The summed E-state index contributed by atoms with van der Waals surface area (Å²) < 4.78 is 45.3. The normalized spacial score (nSPS) is 12.8. The van der Waals surface area contributed by atoms with Gasteiger partial charge >= 0.3 is 15.2 Å². The Morgan fingerprint density at radius 1 is 0.857 bits per heavy atom. The van der Waals surface area contributed by atoms with Crippen LogP contribution in [0.15, 0.2) is 30.3 Å². The smallest absolute Gasteiger partial charge is 0.311 e. The molecular formula is C13H22O6P2. The van der Waals surface area contributed by atoms with Crippen molar-refractivity contribution in [2.45, 2.75) is 18.2 Å². The van der Waals surface area contributed by atoms with Gasteiger partial charge in [0.1, 0.15) is 0 Å². The van der Waals surface area contributed by atoms with Crippen LogP contribution in [-0.2, 0) is 33.6 Å². The van der Waals surface area contributed by atoms with Gasteiger partial charge in [0, 0.05) is 28.4 Å². The van der Waals surface area contributed by atoms with Crippen molar-refractivity contribution in [2.75, 3.05) is 28.4 Å². The van der Waals surface area contributed by atoms with Gasteiger partial charge in [-0.1, -0.05) is 30.3 Å². The lowest BCUT2D eigenvalue weighted by Gasteiger charge is -2.28. The molecule has 6 nitrogen and oxygen atoms in total. The Morgan fingerprint density at radius 3 is 1.67 bits per heavy atom. The van der Waals surface area contributed by atoms with E-state index in [0.717, 1.165) is 5.56 Å². The summed E-state index contributed by atoms with van der Waals surface area (Å²) in [6.07, 6.45) is 0.848. The zero-order valence-corrected chi connectivity index (χ0v) is 14.5. The molecule has 120 valence electrons. The molecule has 0 bridgehead atoms. The molecule has 0 aliphatic heterocycles. The SMILES string of the molecule is COP(=O)(OC)C(CCc1ccccc1)P(=O)(OC)OC. The minimum Gasteiger partial charge on any atom is -0.311 e. The molecular weight excluding hydrogens is 314 g/mol. The van der Waals surface area contributed by atoms with Gasteiger partial charge in [-0.3, -0.25) is 9.13 Å². The molecule has 0 aliphatic carbocycles. The minimum atomic E-state index is -3.60. The van der Waals surface area contributed by atoms with Crippen molar-refractivity contribution in [3.63, 3.8) is 0 Å². The first-order chi connectivity index (χ1) is 9.95. The fourth-order valence-corrected chi connectivity index (χ4v) is 6.74. The van der Waals surface area contributed by atoms with E-state index in [4.69, 9.17) is 18.1 Å². The molecule has 0 amide bonds. The fourth-order valence-electron chi connectivity index (χ4n) is 2.07. The van der Waals surface area contributed by atoms with Crippen molar-refractivity contribution in [2.24, 2.45) is 0 Å². The molecule has 0 heterocycles. The first-order valence-corrected chi connectivity index (χ1v) is 9.64. The highest BCUT2D eigenvalue weighted by Gasteiger charge is 2.48. The highest BCUT2D eigenvalue weighted by atomic mass is 31.2. The molecule has 0 radical (unpaired) electrons. The maximum atomic E-state index is 12.7. The van der Waals surface area contributed by atoms with Gasteiger partial charge in [0.15, 0.2) is 5.40 Å². The topological polar surface area (TPSA) is 71.1 Å². The van der Waals surface area contributed by atoms with E-state index in [1.165, 1.54) is 28.4 Å². The summed E-state index contributed by atoms with van der Waals surface area (Å²) in [7, 11) is -2.15. The van der Waals surface area contributed by atoms with E-state index in [1.54, 1.807) is 0 Å². The van der Waals surface area contributed by atoms with Gasteiger partial charge in [-0.05, 0) is 18.4 Å². The number of hydrogen-bond acceptors (Lipinski definition) is 6. The summed E-state index contributed by atoms with van der Waals surface area (Å²) in [5.74, 6) is 0. The molecule has 8 heteroatoms. The second-order valence-electron chi connectivity index (χ2n) is 4.31. The van der Waals surface area contributed by atoms with Crippen LogP contribution in [-0.4, -0.2) is 33.8 Å². The van der Waals surface area contributed by atoms with Crippen molar-refractivity contribution in [3.8, 4) is 0 Å². The Labute approximate surface area is 125 Å². The predicted octanol–water partition coefficient (Wildman–Crippen LogP) is 3.92. The van der Waals surface area contributed by atoms with Crippen molar-refractivity contribution in [1.82, 2.24) is 0 Å². The Balaban J connectivity index is 3.03. The lowest BCUT2D eigenvalue weighted by atomic mass is 10.1. The second kappa shape index (κ2) is 8.23. The molecule has 0 saturated heterocycles. The average Bonchev–Trinajstić information content (AvgIpc) is 2.55. The van der Waals surface area contributed by atoms with E-state index in [9.17, 15) is 9.13 Å². The standard InChI is InChI=1S/C13H22O6P2/c1-16-20(14,17-2)13(21(15,18-3)19-4)11-10-12-8-6-5-7-9-12/h5-9,13H,10-11H2,1-4H3. The van der Waals surface area contributed by atoms with Crippen LogP contribution in [0.1, 0.15) is 12.0 Å². The lowest BCUT2D eigenvalue weighted by Crippen LogP contribution is -2.15. The maximum Gasteiger partial charge on any atom is 0.345 e. The number of rotatable bonds is 9. The monoisotopic (exact) mass is 336 g/mol. The number of aryl methyl sites for hydroxylation is 1. The largest absolute Gasteiger partial charge is 0.345 e. The van der Waals surface area contributed by atoms with Gasteiger partial charge in [-0.25, -0.2) is 0 Å². The summed E-state index contributed by atoms with van der Waals surface area (Å²) in [4.78, 5) is 0. The second-order valence-corrected chi connectivity index (χ2v) is 9.59. The van der Waals surface area contributed by atoms with Gasteiger partial charge in [0.25, 0.3) is 0 Å². The zero-order chi connectivity index (χ0) is 15.9. The zero-order valence-electron chi connectivity index (χ0n) is 12.7. The summed E-state index contributed by atoms with van der Waals surface area (Å²) in [6.45, 7) is 0. The molecule has 0 aliphatic rings. The molecule has 1 rings (SSSR count). The number of benzene rings is 1.